The number of fused-ring (bicyclic) bond motifs is 2. The van der Waals surface area contributed by atoms with Crippen molar-refractivity contribution in [3.05, 3.63) is 76.4 Å². The summed E-state index contributed by atoms with van der Waals surface area (Å²) in [5.74, 6) is 0.629. The second-order valence-electron chi connectivity index (χ2n) is 10.5. The number of nitrogens with zero attached hydrogens (tertiary/aromatic N) is 2. The molecule has 1 atom stereocenters. The Labute approximate surface area is 216 Å². The molecule has 2 aromatic rings. The molecule has 0 aromatic heterocycles. The normalized spacial score (nSPS) is 20.0. The fourth-order valence-electron chi connectivity index (χ4n) is 6.19. The lowest BCUT2D eigenvalue weighted by molar-refractivity contribution is 0.0865. The molecule has 4 nitrogen and oxygen atoms in total. The van der Waals surface area contributed by atoms with Crippen LogP contribution in [0.2, 0.25) is 0 Å². The Morgan fingerprint density at radius 1 is 0.917 bits per heavy atom. The van der Waals surface area contributed by atoms with Crippen LogP contribution in [0.1, 0.15) is 74.1 Å². The zero-order valence-electron chi connectivity index (χ0n) is 21.8. The maximum absolute atomic E-state index is 12.1. The largest absolute Gasteiger partial charge is 0.450 e. The Kier molecular flexibility index (Phi) is 8.22. The number of benzene rings is 2. The standard InChI is InChI=1S/C32H40N2O2/c1-2-36-32(35)34-21-9-11-25(24-34)10-7-8-20-33-22-18-28(19-23-33)31-29-14-5-3-12-26(29)16-17-27-13-4-6-15-30(27)31/h3-6,12-17,25H,2,7-11,18-24H2,1H3. The molecule has 36 heavy (non-hydrogen) atoms. The Balaban J connectivity index is 1.15. The summed E-state index contributed by atoms with van der Waals surface area (Å²) in [6.45, 7) is 7.55. The van der Waals surface area contributed by atoms with E-state index in [0.717, 1.165) is 45.4 Å². The molecule has 0 bridgehead atoms. The first-order valence-electron chi connectivity index (χ1n) is 14.0. The lowest BCUT2D eigenvalue weighted by Crippen LogP contribution is -2.40. The fourth-order valence-corrected chi connectivity index (χ4v) is 6.19. The summed E-state index contributed by atoms with van der Waals surface area (Å²) in [6, 6.07) is 17.7. The Morgan fingerprint density at radius 3 is 2.25 bits per heavy atom. The SMILES string of the molecule is CCOC(=O)N1CCCC(CCCCN2CCC(=C3c4ccccc4C=Cc4ccccc43)CC2)C1. The average molecular weight is 485 g/mol. The zero-order valence-corrected chi connectivity index (χ0v) is 21.8. The molecule has 2 aliphatic heterocycles. The third-order valence-corrected chi connectivity index (χ3v) is 8.10. The highest BCUT2D eigenvalue weighted by molar-refractivity contribution is 5.94. The van der Waals surface area contributed by atoms with Gasteiger partial charge in [0.2, 0.25) is 0 Å². The van der Waals surface area contributed by atoms with Crippen LogP contribution in [0.4, 0.5) is 4.79 Å². The van der Waals surface area contributed by atoms with E-state index in [-0.39, 0.29) is 6.09 Å². The summed E-state index contributed by atoms with van der Waals surface area (Å²) in [4.78, 5) is 16.6. The molecular weight excluding hydrogens is 444 g/mol. The zero-order chi connectivity index (χ0) is 24.7. The molecule has 2 saturated heterocycles. The van der Waals surface area contributed by atoms with E-state index in [9.17, 15) is 4.79 Å². The number of rotatable bonds is 6. The third kappa shape index (κ3) is 5.75. The van der Waals surface area contributed by atoms with Crippen molar-refractivity contribution in [2.24, 2.45) is 5.92 Å². The minimum absolute atomic E-state index is 0.130. The first-order chi connectivity index (χ1) is 17.7. The Morgan fingerprint density at radius 2 is 1.58 bits per heavy atom. The van der Waals surface area contributed by atoms with E-state index < -0.39 is 0 Å². The Hall–Kier alpha value is -2.85. The number of likely N-dealkylation sites (tertiary alicyclic amines) is 2. The third-order valence-electron chi connectivity index (χ3n) is 8.10. The van der Waals surface area contributed by atoms with Gasteiger partial charge < -0.3 is 14.5 Å². The van der Waals surface area contributed by atoms with Gasteiger partial charge in [0.15, 0.2) is 0 Å². The summed E-state index contributed by atoms with van der Waals surface area (Å²) < 4.78 is 5.21. The maximum Gasteiger partial charge on any atom is 0.409 e. The smallest absolute Gasteiger partial charge is 0.409 e. The van der Waals surface area contributed by atoms with E-state index >= 15 is 0 Å². The van der Waals surface area contributed by atoms with E-state index in [4.69, 9.17) is 4.74 Å². The van der Waals surface area contributed by atoms with Crippen molar-refractivity contribution >= 4 is 23.8 Å². The van der Waals surface area contributed by atoms with Crippen LogP contribution in [-0.4, -0.2) is 55.2 Å². The van der Waals surface area contributed by atoms with Crippen molar-refractivity contribution in [2.75, 3.05) is 39.3 Å². The number of ether oxygens (including phenoxy) is 1. The van der Waals surface area contributed by atoms with Crippen molar-refractivity contribution in [3.63, 3.8) is 0 Å². The highest BCUT2D eigenvalue weighted by atomic mass is 16.6. The lowest BCUT2D eigenvalue weighted by atomic mass is 9.86. The van der Waals surface area contributed by atoms with Crippen molar-refractivity contribution < 1.29 is 9.53 Å². The molecule has 3 aliphatic rings. The molecule has 1 aliphatic carbocycles. The second kappa shape index (κ2) is 11.9. The minimum atomic E-state index is -0.130. The van der Waals surface area contributed by atoms with Gasteiger partial charge in [-0.05, 0) is 85.7 Å². The predicted molar refractivity (Wildman–Crippen MR) is 149 cm³/mol. The average Bonchev–Trinajstić information content (AvgIpc) is 3.09. The maximum atomic E-state index is 12.1. The van der Waals surface area contributed by atoms with Gasteiger partial charge >= 0.3 is 6.09 Å². The number of carbonyl (C=O) groups is 1. The van der Waals surface area contributed by atoms with Crippen LogP contribution >= 0.6 is 0 Å². The summed E-state index contributed by atoms with van der Waals surface area (Å²) in [6.07, 6.45) is 12.8. The van der Waals surface area contributed by atoms with Gasteiger partial charge in [-0.2, -0.15) is 0 Å². The first kappa shape index (κ1) is 24.8. The van der Waals surface area contributed by atoms with Crippen molar-refractivity contribution in [3.8, 4) is 0 Å². The number of amides is 1. The highest BCUT2D eigenvalue weighted by Gasteiger charge is 2.25. The van der Waals surface area contributed by atoms with E-state index in [1.165, 1.54) is 60.1 Å². The number of hydrogen-bond acceptors (Lipinski definition) is 3. The monoisotopic (exact) mass is 484 g/mol. The molecular formula is C32H40N2O2. The van der Waals surface area contributed by atoms with E-state index in [1.54, 1.807) is 5.57 Å². The summed E-state index contributed by atoms with van der Waals surface area (Å²) in [7, 11) is 0. The van der Waals surface area contributed by atoms with Crippen molar-refractivity contribution in [2.45, 2.75) is 51.9 Å². The van der Waals surface area contributed by atoms with Gasteiger partial charge in [0.1, 0.15) is 0 Å². The van der Waals surface area contributed by atoms with E-state index in [2.05, 4.69) is 65.6 Å². The van der Waals surface area contributed by atoms with Crippen LogP contribution < -0.4 is 0 Å². The van der Waals surface area contributed by atoms with E-state index in [1.807, 2.05) is 11.8 Å². The molecule has 1 unspecified atom stereocenters. The van der Waals surface area contributed by atoms with Crippen LogP contribution in [0.15, 0.2) is 54.1 Å². The van der Waals surface area contributed by atoms with E-state index in [0.29, 0.717) is 12.5 Å². The lowest BCUT2D eigenvalue weighted by Gasteiger charge is -2.32. The Bertz CT molecular complexity index is 1060. The van der Waals surface area contributed by atoms with Gasteiger partial charge in [0, 0.05) is 26.2 Å². The van der Waals surface area contributed by atoms with Crippen LogP contribution in [-0.2, 0) is 4.74 Å². The summed E-state index contributed by atoms with van der Waals surface area (Å²) in [5.41, 5.74) is 8.48. The summed E-state index contributed by atoms with van der Waals surface area (Å²) >= 11 is 0. The molecule has 0 radical (unpaired) electrons. The van der Waals surface area contributed by atoms with Gasteiger partial charge in [0.25, 0.3) is 0 Å². The highest BCUT2D eigenvalue weighted by Crippen LogP contribution is 2.38. The predicted octanol–water partition coefficient (Wildman–Crippen LogP) is 7.11. The molecule has 2 aromatic carbocycles. The van der Waals surface area contributed by atoms with Crippen LogP contribution in [0.3, 0.4) is 0 Å². The topological polar surface area (TPSA) is 32.8 Å². The molecule has 5 rings (SSSR count). The molecule has 190 valence electrons. The molecule has 0 N–H and O–H groups in total. The molecule has 0 spiro atoms. The number of hydrogen-bond donors (Lipinski definition) is 0. The van der Waals surface area contributed by atoms with Gasteiger partial charge in [-0.1, -0.05) is 72.7 Å². The fraction of sp³-hybridized carbons (Fsp3) is 0.469. The van der Waals surface area contributed by atoms with Gasteiger partial charge in [-0.25, -0.2) is 4.79 Å². The van der Waals surface area contributed by atoms with Crippen LogP contribution in [0.25, 0.3) is 17.7 Å². The molecule has 2 heterocycles. The van der Waals surface area contributed by atoms with Gasteiger partial charge in [-0.3, -0.25) is 0 Å². The number of unbranched alkanes of at least 4 members (excludes halogenated alkanes) is 1. The van der Waals surface area contributed by atoms with Gasteiger partial charge in [0.05, 0.1) is 6.61 Å². The van der Waals surface area contributed by atoms with Crippen molar-refractivity contribution in [1.82, 2.24) is 9.80 Å². The van der Waals surface area contributed by atoms with Crippen molar-refractivity contribution in [1.29, 1.82) is 0 Å². The van der Waals surface area contributed by atoms with Gasteiger partial charge in [-0.15, -0.1) is 0 Å². The second-order valence-corrected chi connectivity index (χ2v) is 10.5. The summed E-state index contributed by atoms with van der Waals surface area (Å²) in [5, 5.41) is 0. The number of carbonyl (C=O) groups excluding carboxylic acids is 1. The molecule has 0 saturated carbocycles. The minimum Gasteiger partial charge on any atom is -0.450 e. The first-order valence-corrected chi connectivity index (χ1v) is 14.0. The quantitative estimate of drug-likeness (QED) is 0.350. The van der Waals surface area contributed by atoms with Crippen LogP contribution in [0, 0.1) is 5.92 Å². The number of piperidine rings is 2. The van der Waals surface area contributed by atoms with Crippen LogP contribution in [0.5, 0.6) is 0 Å². The molecule has 1 amide bonds. The molecule has 2 fully saturated rings. The molecule has 4 heteroatoms.